The molecule has 0 bridgehead atoms. The minimum absolute atomic E-state index is 0.0473. The van der Waals surface area contributed by atoms with Gasteiger partial charge in [-0.3, -0.25) is 0 Å². The first-order valence-electron chi connectivity index (χ1n) is 9.17. The van der Waals surface area contributed by atoms with Gasteiger partial charge >= 0.3 is 0 Å². The van der Waals surface area contributed by atoms with Crippen molar-refractivity contribution in [3.05, 3.63) is 78.4 Å². The lowest BCUT2D eigenvalue weighted by Gasteiger charge is -2.10. The molecule has 2 heterocycles. The van der Waals surface area contributed by atoms with Crippen LogP contribution in [0.5, 0.6) is 17.2 Å². The van der Waals surface area contributed by atoms with E-state index < -0.39 is 0 Å². The van der Waals surface area contributed by atoms with Gasteiger partial charge in [-0.15, -0.1) is 0 Å². The summed E-state index contributed by atoms with van der Waals surface area (Å²) >= 11 is 0. The molecule has 0 saturated carbocycles. The lowest BCUT2D eigenvalue weighted by atomic mass is 10.1. The topological polar surface area (TPSA) is 75.5 Å². The van der Waals surface area contributed by atoms with Crippen molar-refractivity contribution in [2.75, 3.05) is 7.11 Å². The molecule has 0 saturated heterocycles. The average Bonchev–Trinajstić information content (AvgIpc) is 2.76. The van der Waals surface area contributed by atoms with Crippen LogP contribution in [0.2, 0.25) is 0 Å². The van der Waals surface area contributed by atoms with E-state index in [9.17, 15) is 10.2 Å². The molecule has 2 N–H and O–H groups in total. The van der Waals surface area contributed by atoms with Gasteiger partial charge in [-0.25, -0.2) is 9.97 Å². The summed E-state index contributed by atoms with van der Waals surface area (Å²) < 4.78 is 5.19. The molecule has 0 atom stereocenters. The first kappa shape index (κ1) is 18.5. The average molecular weight is 384 g/mol. The van der Waals surface area contributed by atoms with Gasteiger partial charge in [-0.05, 0) is 55.5 Å². The van der Waals surface area contributed by atoms with Gasteiger partial charge in [0.15, 0.2) is 11.5 Å². The van der Waals surface area contributed by atoms with E-state index in [-0.39, 0.29) is 11.5 Å². The molecule has 0 unspecified atom stereocenters. The molecule has 144 valence electrons. The third-order valence-electron chi connectivity index (χ3n) is 4.68. The van der Waals surface area contributed by atoms with Crippen LogP contribution in [0.1, 0.15) is 5.56 Å². The number of rotatable bonds is 4. The van der Waals surface area contributed by atoms with Gasteiger partial charge in [0, 0.05) is 11.1 Å². The van der Waals surface area contributed by atoms with Gasteiger partial charge < -0.3 is 14.9 Å². The summed E-state index contributed by atoms with van der Waals surface area (Å²) in [6, 6.07) is 21.9. The summed E-state index contributed by atoms with van der Waals surface area (Å²) in [6.45, 7) is 1.97. The highest BCUT2D eigenvalue weighted by atomic mass is 16.5. The summed E-state index contributed by atoms with van der Waals surface area (Å²) in [4.78, 5) is 9.38. The molecule has 0 spiro atoms. The number of hydrogen-bond donors (Lipinski definition) is 2. The Labute approximate surface area is 168 Å². The van der Waals surface area contributed by atoms with Crippen LogP contribution in [-0.4, -0.2) is 27.3 Å². The Kier molecular flexibility index (Phi) is 4.87. The third kappa shape index (κ3) is 3.62. The largest absolute Gasteiger partial charge is 0.507 e. The molecule has 0 radical (unpaired) electrons. The number of benzene rings is 2. The highest BCUT2D eigenvalue weighted by Gasteiger charge is 2.13. The molecule has 2 aromatic carbocycles. The number of ether oxygens (including phenoxy) is 1. The maximum absolute atomic E-state index is 10.4. The van der Waals surface area contributed by atoms with Gasteiger partial charge in [0.05, 0.1) is 29.9 Å². The molecule has 5 nitrogen and oxygen atoms in total. The van der Waals surface area contributed by atoms with Crippen molar-refractivity contribution >= 4 is 0 Å². The zero-order valence-electron chi connectivity index (χ0n) is 16.1. The standard InChI is InChI=1S/C24H20N2O3/c1-15-12-13-22(27)17(14-15)19-8-5-10-21(26-19)20-9-4-7-18(25-20)16-6-3-11-23(29-2)24(16)28/h3-14,27-28H,1-2H3. The molecular weight excluding hydrogens is 364 g/mol. The van der Waals surface area contributed by atoms with Crippen molar-refractivity contribution < 1.29 is 14.9 Å². The van der Waals surface area contributed by atoms with Crippen molar-refractivity contribution in [3.63, 3.8) is 0 Å². The first-order chi connectivity index (χ1) is 14.1. The first-order valence-corrected chi connectivity index (χ1v) is 9.17. The molecule has 29 heavy (non-hydrogen) atoms. The number of nitrogens with zero attached hydrogens (tertiary/aromatic N) is 2. The lowest BCUT2D eigenvalue weighted by molar-refractivity contribution is 0.374. The second-order valence-electron chi connectivity index (χ2n) is 6.69. The number of aromatic hydroxyl groups is 2. The number of para-hydroxylation sites is 1. The lowest BCUT2D eigenvalue weighted by Crippen LogP contribution is -1.93. The Balaban J connectivity index is 1.78. The van der Waals surface area contributed by atoms with Crippen LogP contribution >= 0.6 is 0 Å². The number of aromatic nitrogens is 2. The summed E-state index contributed by atoms with van der Waals surface area (Å²) in [5.74, 6) is 0.624. The maximum Gasteiger partial charge on any atom is 0.167 e. The fraction of sp³-hybridized carbons (Fsp3) is 0.0833. The fourth-order valence-electron chi connectivity index (χ4n) is 3.20. The van der Waals surface area contributed by atoms with E-state index in [4.69, 9.17) is 9.72 Å². The van der Waals surface area contributed by atoms with Gasteiger partial charge in [0.1, 0.15) is 5.75 Å². The molecule has 0 aliphatic rings. The predicted octanol–water partition coefficient (Wildman–Crippen LogP) is 5.21. The molecule has 0 amide bonds. The third-order valence-corrected chi connectivity index (χ3v) is 4.68. The van der Waals surface area contributed by atoms with Crippen LogP contribution in [-0.2, 0) is 0 Å². The fourth-order valence-corrected chi connectivity index (χ4v) is 3.20. The maximum atomic E-state index is 10.4. The number of phenols is 2. The Bertz CT molecular complexity index is 1190. The Morgan fingerprint density at radius 2 is 1.28 bits per heavy atom. The van der Waals surface area contributed by atoms with E-state index in [2.05, 4.69) is 4.98 Å². The minimum Gasteiger partial charge on any atom is -0.507 e. The summed E-state index contributed by atoms with van der Waals surface area (Å²) in [7, 11) is 1.51. The molecule has 0 aliphatic carbocycles. The Hall–Kier alpha value is -3.86. The molecule has 0 fully saturated rings. The summed E-state index contributed by atoms with van der Waals surface area (Å²) in [5.41, 5.74) is 4.92. The van der Waals surface area contributed by atoms with Crippen molar-refractivity contribution in [1.82, 2.24) is 9.97 Å². The van der Waals surface area contributed by atoms with E-state index in [0.29, 0.717) is 39.7 Å². The molecule has 4 aromatic rings. The van der Waals surface area contributed by atoms with Crippen LogP contribution in [0.4, 0.5) is 0 Å². The minimum atomic E-state index is 0.0473. The predicted molar refractivity (Wildman–Crippen MR) is 113 cm³/mol. The van der Waals surface area contributed by atoms with E-state index in [1.54, 1.807) is 18.2 Å². The van der Waals surface area contributed by atoms with Crippen molar-refractivity contribution in [1.29, 1.82) is 0 Å². The normalized spacial score (nSPS) is 10.7. The second-order valence-corrected chi connectivity index (χ2v) is 6.69. The van der Waals surface area contributed by atoms with E-state index in [1.165, 1.54) is 7.11 Å². The van der Waals surface area contributed by atoms with Crippen LogP contribution in [0.3, 0.4) is 0 Å². The second kappa shape index (κ2) is 7.64. The molecule has 5 heteroatoms. The van der Waals surface area contributed by atoms with Gasteiger partial charge in [0.2, 0.25) is 0 Å². The van der Waals surface area contributed by atoms with Crippen LogP contribution in [0.25, 0.3) is 33.9 Å². The number of phenolic OH excluding ortho intramolecular Hbond substituents is 2. The summed E-state index contributed by atoms with van der Waals surface area (Å²) in [5, 5.41) is 20.7. The van der Waals surface area contributed by atoms with E-state index in [0.717, 1.165) is 5.56 Å². The van der Waals surface area contributed by atoms with Gasteiger partial charge in [0.25, 0.3) is 0 Å². The number of pyridine rings is 2. The zero-order chi connectivity index (χ0) is 20.4. The highest BCUT2D eigenvalue weighted by molar-refractivity contribution is 5.74. The Morgan fingerprint density at radius 3 is 1.93 bits per heavy atom. The Morgan fingerprint density at radius 1 is 0.690 bits per heavy atom. The van der Waals surface area contributed by atoms with E-state index >= 15 is 0 Å². The molecular formula is C24H20N2O3. The molecule has 0 aliphatic heterocycles. The monoisotopic (exact) mass is 384 g/mol. The molecule has 4 rings (SSSR count). The van der Waals surface area contributed by atoms with Crippen LogP contribution in [0, 0.1) is 6.92 Å². The van der Waals surface area contributed by atoms with Crippen molar-refractivity contribution in [2.24, 2.45) is 0 Å². The van der Waals surface area contributed by atoms with Crippen molar-refractivity contribution in [2.45, 2.75) is 6.92 Å². The number of hydrogen-bond acceptors (Lipinski definition) is 5. The van der Waals surface area contributed by atoms with E-state index in [1.807, 2.05) is 61.5 Å². The SMILES string of the molecule is COc1cccc(-c2cccc(-c3cccc(-c4cc(C)ccc4O)n3)n2)c1O. The number of methoxy groups -OCH3 is 1. The molecule has 2 aromatic heterocycles. The van der Waals surface area contributed by atoms with Crippen LogP contribution in [0.15, 0.2) is 72.8 Å². The number of aryl methyl sites for hydroxylation is 1. The summed E-state index contributed by atoms with van der Waals surface area (Å²) in [6.07, 6.45) is 0. The quantitative estimate of drug-likeness (QED) is 0.505. The van der Waals surface area contributed by atoms with Crippen molar-refractivity contribution in [3.8, 4) is 51.2 Å². The van der Waals surface area contributed by atoms with Gasteiger partial charge in [-0.1, -0.05) is 29.8 Å². The smallest absolute Gasteiger partial charge is 0.167 e. The van der Waals surface area contributed by atoms with Crippen LogP contribution < -0.4 is 4.74 Å². The zero-order valence-corrected chi connectivity index (χ0v) is 16.1. The highest BCUT2D eigenvalue weighted by Crippen LogP contribution is 2.36. The van der Waals surface area contributed by atoms with Gasteiger partial charge in [-0.2, -0.15) is 0 Å².